The van der Waals surface area contributed by atoms with Crippen molar-refractivity contribution in [3.8, 4) is 11.8 Å². The number of aliphatic carboxylic acids is 1. The molecule has 1 fully saturated rings. The molecule has 240 valence electrons. The summed E-state index contributed by atoms with van der Waals surface area (Å²) in [5.74, 6) is 3.75. The van der Waals surface area contributed by atoms with E-state index >= 15 is 0 Å². The van der Waals surface area contributed by atoms with Gasteiger partial charge in [-0.25, -0.2) is 4.79 Å². The van der Waals surface area contributed by atoms with Crippen LogP contribution < -0.4 is 20.7 Å². The number of nitrogens with zero attached hydrogens (tertiary/aromatic N) is 4. The molecule has 2 aromatic heterocycles. The third-order valence-corrected chi connectivity index (χ3v) is 9.27. The molecular weight excluding hydrogens is 612 g/mol. The topological polar surface area (TPSA) is 167 Å². The highest BCUT2D eigenvalue weighted by molar-refractivity contribution is 7.87. The largest absolute Gasteiger partial charge is 0.480 e. The summed E-state index contributed by atoms with van der Waals surface area (Å²) in [6.45, 7) is 4.89. The van der Waals surface area contributed by atoms with Crippen LogP contribution in [-0.4, -0.2) is 71.5 Å². The minimum Gasteiger partial charge on any atom is -0.480 e. The van der Waals surface area contributed by atoms with Gasteiger partial charge in [-0.2, -0.15) is 17.4 Å². The first-order valence-electron chi connectivity index (χ1n) is 14.6. The molecule has 4 aromatic rings. The van der Waals surface area contributed by atoms with E-state index in [1.807, 2.05) is 24.3 Å². The Bertz CT molecular complexity index is 1980. The summed E-state index contributed by atoms with van der Waals surface area (Å²) >= 11 is 0. The normalized spacial score (nSPS) is 14.6. The van der Waals surface area contributed by atoms with Crippen molar-refractivity contribution < 1.29 is 27.5 Å². The molecule has 14 heteroatoms. The van der Waals surface area contributed by atoms with Crippen LogP contribution in [0.25, 0.3) is 11.1 Å². The number of nitrogens with one attached hydrogen (secondary N) is 2. The molecule has 1 atom stereocenters. The lowest BCUT2D eigenvalue weighted by Crippen LogP contribution is -2.55. The van der Waals surface area contributed by atoms with Crippen molar-refractivity contribution in [1.82, 2.24) is 23.9 Å². The minimum absolute atomic E-state index is 0.220. The van der Waals surface area contributed by atoms with Crippen LogP contribution in [0.4, 0.5) is 5.69 Å². The molecule has 0 unspecified atom stereocenters. The molecule has 3 heterocycles. The van der Waals surface area contributed by atoms with Gasteiger partial charge in [0, 0.05) is 62.8 Å². The number of fused-ring (bicyclic) bond motifs is 1. The summed E-state index contributed by atoms with van der Waals surface area (Å²) in [6.07, 6.45) is 1.52. The zero-order valence-electron chi connectivity index (χ0n) is 25.6. The standard InChI is InChI=1S/C32H34N6O7S/c1-21(2)29(31(40)41)35-46(43,44)38-16-14-37(15-17-38)25-9-6-22(7-10-25)4-5-23-12-13-33-26(18-23)30(39)34-20-24-8-11-28-27(19-24)36(3)32(42)45-28/h6-13,18-19,21,29,35H,14-17,20H2,1-3H3,(H,34,39)(H,40,41)/t29-/m1/s1. The van der Waals surface area contributed by atoms with Crippen LogP contribution in [0.15, 0.2) is 70.0 Å². The second-order valence-corrected chi connectivity index (χ2v) is 12.9. The predicted molar refractivity (Wildman–Crippen MR) is 171 cm³/mol. The molecule has 46 heavy (non-hydrogen) atoms. The first-order valence-corrected chi connectivity index (χ1v) is 16.1. The van der Waals surface area contributed by atoms with Crippen LogP contribution in [-0.2, 0) is 28.6 Å². The molecular formula is C32H34N6O7S. The number of carbonyl (C=O) groups is 2. The first-order chi connectivity index (χ1) is 21.9. The molecule has 2 aromatic carbocycles. The number of pyridine rings is 1. The van der Waals surface area contributed by atoms with Gasteiger partial charge in [-0.05, 0) is 60.0 Å². The van der Waals surface area contributed by atoms with Gasteiger partial charge in [0.15, 0.2) is 5.58 Å². The van der Waals surface area contributed by atoms with Crippen molar-refractivity contribution in [3.05, 3.63) is 93.7 Å². The molecule has 0 saturated carbocycles. The number of amides is 1. The highest BCUT2D eigenvalue weighted by atomic mass is 32.2. The van der Waals surface area contributed by atoms with E-state index in [1.54, 1.807) is 51.2 Å². The molecule has 13 nitrogen and oxygen atoms in total. The number of rotatable bonds is 9. The van der Waals surface area contributed by atoms with Gasteiger partial charge in [-0.1, -0.05) is 31.8 Å². The van der Waals surface area contributed by atoms with Crippen molar-refractivity contribution in [2.75, 3.05) is 31.1 Å². The number of anilines is 1. The molecule has 1 amide bonds. The first kappa shape index (κ1) is 32.4. The lowest BCUT2D eigenvalue weighted by molar-refractivity contribution is -0.140. The van der Waals surface area contributed by atoms with E-state index in [0.29, 0.717) is 29.8 Å². The van der Waals surface area contributed by atoms with Gasteiger partial charge in [0.2, 0.25) is 0 Å². The SMILES string of the molecule is CC(C)[C@@H](NS(=O)(=O)N1CCN(c2ccc(C#Cc3ccnc(C(=O)NCc4ccc5oc(=O)n(C)c5c4)c3)cc2)CC1)C(=O)O. The second kappa shape index (κ2) is 13.6. The zero-order valence-corrected chi connectivity index (χ0v) is 26.4. The Morgan fingerprint density at radius 3 is 2.37 bits per heavy atom. The van der Waals surface area contributed by atoms with E-state index in [-0.39, 0.29) is 31.2 Å². The Kier molecular flexibility index (Phi) is 9.57. The number of carbonyl (C=O) groups excluding carboxylic acids is 1. The maximum Gasteiger partial charge on any atom is 0.419 e. The van der Waals surface area contributed by atoms with Crippen molar-refractivity contribution in [2.45, 2.75) is 26.4 Å². The van der Waals surface area contributed by atoms with Crippen LogP contribution in [0.5, 0.6) is 0 Å². The van der Waals surface area contributed by atoms with E-state index in [2.05, 4.69) is 31.8 Å². The van der Waals surface area contributed by atoms with E-state index in [9.17, 15) is 27.9 Å². The molecule has 1 aliphatic rings. The highest BCUT2D eigenvalue weighted by Crippen LogP contribution is 2.19. The van der Waals surface area contributed by atoms with Crippen molar-refractivity contribution in [3.63, 3.8) is 0 Å². The minimum atomic E-state index is -3.94. The molecule has 0 spiro atoms. The number of hydrogen-bond donors (Lipinski definition) is 3. The summed E-state index contributed by atoms with van der Waals surface area (Å²) in [7, 11) is -2.32. The van der Waals surface area contributed by atoms with Gasteiger partial charge >= 0.3 is 11.7 Å². The van der Waals surface area contributed by atoms with Gasteiger partial charge in [-0.15, -0.1) is 0 Å². The lowest BCUT2D eigenvalue weighted by atomic mass is 10.1. The van der Waals surface area contributed by atoms with Crippen molar-refractivity contribution >= 4 is 38.9 Å². The fourth-order valence-corrected chi connectivity index (χ4v) is 6.47. The smallest absolute Gasteiger partial charge is 0.419 e. The van der Waals surface area contributed by atoms with E-state index in [1.165, 1.54) is 15.1 Å². The number of carboxylic acids is 1. The van der Waals surface area contributed by atoms with Gasteiger partial charge < -0.3 is 19.7 Å². The lowest BCUT2D eigenvalue weighted by Gasteiger charge is -2.36. The Morgan fingerprint density at radius 2 is 1.70 bits per heavy atom. The number of aromatic nitrogens is 2. The van der Waals surface area contributed by atoms with Crippen LogP contribution >= 0.6 is 0 Å². The molecule has 1 aliphatic heterocycles. The van der Waals surface area contributed by atoms with Crippen LogP contribution in [0, 0.1) is 17.8 Å². The van der Waals surface area contributed by atoms with Crippen LogP contribution in [0.1, 0.15) is 41.0 Å². The Labute approximate surface area is 266 Å². The average molecular weight is 647 g/mol. The molecule has 1 saturated heterocycles. The van der Waals surface area contributed by atoms with Crippen LogP contribution in [0.3, 0.4) is 0 Å². The molecule has 0 aliphatic carbocycles. The third-order valence-electron chi connectivity index (χ3n) is 7.67. The van der Waals surface area contributed by atoms with E-state index < -0.39 is 33.9 Å². The van der Waals surface area contributed by atoms with Crippen molar-refractivity contribution in [2.24, 2.45) is 13.0 Å². The fourth-order valence-electron chi connectivity index (χ4n) is 4.98. The number of aryl methyl sites for hydroxylation is 1. The van der Waals surface area contributed by atoms with E-state index in [0.717, 1.165) is 16.8 Å². The monoisotopic (exact) mass is 646 g/mol. The molecule has 5 rings (SSSR count). The Hall–Kier alpha value is -4.97. The quantitative estimate of drug-likeness (QED) is 0.230. The molecule has 3 N–H and O–H groups in total. The number of hydrogen-bond acceptors (Lipinski definition) is 8. The van der Waals surface area contributed by atoms with Crippen LogP contribution in [0.2, 0.25) is 0 Å². The zero-order chi connectivity index (χ0) is 33.0. The highest BCUT2D eigenvalue weighted by Gasteiger charge is 2.33. The summed E-state index contributed by atoms with van der Waals surface area (Å²) in [4.78, 5) is 42.2. The fraction of sp³-hybridized carbons (Fsp3) is 0.312. The third kappa shape index (κ3) is 7.45. The maximum atomic E-state index is 12.8. The summed E-state index contributed by atoms with van der Waals surface area (Å²) in [6, 6.07) is 15.0. The number of oxazole rings is 1. The van der Waals surface area contributed by atoms with Gasteiger partial charge in [0.25, 0.3) is 16.1 Å². The Morgan fingerprint density at radius 1 is 1.00 bits per heavy atom. The van der Waals surface area contributed by atoms with Crippen molar-refractivity contribution in [1.29, 1.82) is 0 Å². The molecule has 0 radical (unpaired) electrons. The maximum absolute atomic E-state index is 12.8. The average Bonchev–Trinajstić information content (AvgIpc) is 3.33. The summed E-state index contributed by atoms with van der Waals surface area (Å²) in [5, 5.41) is 12.2. The summed E-state index contributed by atoms with van der Waals surface area (Å²) in [5.41, 5.74) is 4.43. The Balaban J connectivity index is 1.16. The second-order valence-electron chi connectivity index (χ2n) is 11.2. The number of carboxylic acid groups (broad SMARTS) is 1. The summed E-state index contributed by atoms with van der Waals surface area (Å²) < 4.78 is 35.7. The number of piperazine rings is 1. The van der Waals surface area contributed by atoms with Gasteiger partial charge in [-0.3, -0.25) is 19.1 Å². The molecule has 0 bridgehead atoms. The van der Waals surface area contributed by atoms with Gasteiger partial charge in [0.1, 0.15) is 11.7 Å². The van der Waals surface area contributed by atoms with E-state index in [4.69, 9.17) is 4.42 Å². The number of benzene rings is 2. The predicted octanol–water partition coefficient (Wildman–Crippen LogP) is 1.92. The van der Waals surface area contributed by atoms with Gasteiger partial charge in [0.05, 0.1) is 5.52 Å².